The van der Waals surface area contributed by atoms with E-state index in [1.54, 1.807) is 7.11 Å². The van der Waals surface area contributed by atoms with Crippen LogP contribution in [0.15, 0.2) is 52.9 Å². The summed E-state index contributed by atoms with van der Waals surface area (Å²) < 4.78 is 5.01. The van der Waals surface area contributed by atoms with Gasteiger partial charge in [0, 0.05) is 12.5 Å². The summed E-state index contributed by atoms with van der Waals surface area (Å²) >= 11 is 0. The van der Waals surface area contributed by atoms with Crippen LogP contribution < -0.4 is 0 Å². The van der Waals surface area contributed by atoms with E-state index in [-0.39, 0.29) is 5.92 Å². The minimum atomic E-state index is 0.247. The molecule has 4 nitrogen and oxygen atoms in total. The molecular weight excluding hydrogens is 276 g/mol. The van der Waals surface area contributed by atoms with E-state index < -0.39 is 0 Å². The van der Waals surface area contributed by atoms with Crippen LogP contribution in [0.4, 0.5) is 0 Å². The Bertz CT molecular complexity index is 547. The normalized spacial score (nSPS) is 23.6. The molecule has 1 aliphatic carbocycles. The van der Waals surface area contributed by atoms with Crippen LogP contribution in [0.5, 0.6) is 0 Å². The average molecular weight is 300 g/mol. The molecule has 0 aromatic carbocycles. The first kappa shape index (κ1) is 16.4. The van der Waals surface area contributed by atoms with Crippen molar-refractivity contribution in [3.8, 4) is 0 Å². The summed E-state index contributed by atoms with van der Waals surface area (Å²) in [5.74, 6) is 0.656. The van der Waals surface area contributed by atoms with Crippen molar-refractivity contribution in [1.29, 1.82) is 0 Å². The van der Waals surface area contributed by atoms with E-state index in [2.05, 4.69) is 28.6 Å². The van der Waals surface area contributed by atoms with Crippen LogP contribution >= 0.6 is 0 Å². The summed E-state index contributed by atoms with van der Waals surface area (Å²) in [4.78, 5) is 17.6. The fourth-order valence-electron chi connectivity index (χ4n) is 2.72. The van der Waals surface area contributed by atoms with Gasteiger partial charge in [-0.1, -0.05) is 12.2 Å². The van der Waals surface area contributed by atoms with Crippen molar-refractivity contribution in [2.45, 2.75) is 19.8 Å². The van der Waals surface area contributed by atoms with Crippen molar-refractivity contribution in [1.82, 2.24) is 4.90 Å². The Kier molecular flexibility index (Phi) is 5.90. The number of carbonyl (C=O) groups is 1. The lowest BCUT2D eigenvalue weighted by Gasteiger charge is -2.30. The van der Waals surface area contributed by atoms with Crippen LogP contribution in [0.2, 0.25) is 0 Å². The number of nitrogens with zero attached hydrogens (tertiary/aromatic N) is 2. The fraction of sp³-hybridized carbons (Fsp3) is 0.444. The summed E-state index contributed by atoms with van der Waals surface area (Å²) in [6.45, 7) is 8.63. The lowest BCUT2D eigenvalue weighted by Crippen LogP contribution is -2.35. The summed E-state index contributed by atoms with van der Waals surface area (Å²) in [5.41, 5.74) is 3.22. The van der Waals surface area contributed by atoms with Gasteiger partial charge in [0.05, 0.1) is 12.8 Å². The Morgan fingerprint density at radius 2 is 2.18 bits per heavy atom. The number of allylic oxidation sites excluding steroid dienone is 4. The van der Waals surface area contributed by atoms with E-state index in [0.717, 1.165) is 50.0 Å². The number of rotatable bonds is 5. The van der Waals surface area contributed by atoms with Gasteiger partial charge >= 0.3 is 0 Å². The van der Waals surface area contributed by atoms with Gasteiger partial charge in [0.1, 0.15) is 6.29 Å². The molecule has 4 heteroatoms. The summed E-state index contributed by atoms with van der Waals surface area (Å²) in [7, 11) is 1.57. The maximum absolute atomic E-state index is 10.8. The molecule has 0 bridgehead atoms. The van der Waals surface area contributed by atoms with Crippen LogP contribution in [-0.4, -0.2) is 43.6 Å². The van der Waals surface area contributed by atoms with Gasteiger partial charge in [0.2, 0.25) is 5.88 Å². The molecule has 1 heterocycles. The maximum atomic E-state index is 10.8. The minimum absolute atomic E-state index is 0.247. The average Bonchev–Trinajstić information content (AvgIpc) is 2.56. The highest BCUT2D eigenvalue weighted by molar-refractivity contribution is 6.12. The molecule has 0 aromatic rings. The zero-order valence-electron chi connectivity index (χ0n) is 13.4. The highest BCUT2D eigenvalue weighted by Crippen LogP contribution is 2.20. The second kappa shape index (κ2) is 7.90. The standard InChI is InChI=1S/C18H24N2O2/c1-4-17-11-16(5-6-18(17)19-14(2)22-3)12-20-9-7-15(13-21)8-10-20/h4-6,11,13,15H,2,7-10,12H2,1,3H3/b17-4-,19-18?. The van der Waals surface area contributed by atoms with Crippen LogP contribution in [0.3, 0.4) is 0 Å². The van der Waals surface area contributed by atoms with Crippen LogP contribution in [-0.2, 0) is 9.53 Å². The number of hydrogen-bond acceptors (Lipinski definition) is 4. The highest BCUT2D eigenvalue weighted by Gasteiger charge is 2.19. The van der Waals surface area contributed by atoms with Crippen molar-refractivity contribution in [3.63, 3.8) is 0 Å². The minimum Gasteiger partial charge on any atom is -0.481 e. The number of carbonyl (C=O) groups excluding carboxylic acids is 1. The number of ether oxygens (including phenoxy) is 1. The molecule has 2 aliphatic rings. The number of methoxy groups -OCH3 is 1. The first-order chi connectivity index (χ1) is 10.7. The Morgan fingerprint density at radius 3 is 2.77 bits per heavy atom. The molecule has 2 rings (SSSR count). The largest absolute Gasteiger partial charge is 0.481 e. The molecule has 0 radical (unpaired) electrons. The molecule has 0 unspecified atom stereocenters. The second-order valence-corrected chi connectivity index (χ2v) is 5.64. The third-order valence-corrected chi connectivity index (χ3v) is 4.11. The van der Waals surface area contributed by atoms with Gasteiger partial charge in [0.25, 0.3) is 0 Å². The van der Waals surface area contributed by atoms with Crippen molar-refractivity contribution in [2.24, 2.45) is 10.9 Å². The van der Waals surface area contributed by atoms with Gasteiger partial charge in [0.15, 0.2) is 0 Å². The Morgan fingerprint density at radius 1 is 1.45 bits per heavy atom. The van der Waals surface area contributed by atoms with Gasteiger partial charge in [-0.15, -0.1) is 0 Å². The SMILES string of the molecule is C=C(N=C1C=CC(CN2CCC(C=O)CC2)=C/C1=C/C)OC. The van der Waals surface area contributed by atoms with E-state index in [1.807, 2.05) is 19.1 Å². The second-order valence-electron chi connectivity index (χ2n) is 5.64. The third kappa shape index (κ3) is 4.28. The smallest absolute Gasteiger partial charge is 0.206 e. The van der Waals surface area contributed by atoms with Gasteiger partial charge in [-0.25, -0.2) is 4.99 Å². The lowest BCUT2D eigenvalue weighted by molar-refractivity contribution is -0.112. The Labute approximate surface area is 132 Å². The molecule has 0 saturated carbocycles. The molecule has 1 aliphatic heterocycles. The molecule has 0 spiro atoms. The van der Waals surface area contributed by atoms with E-state index in [0.29, 0.717) is 5.88 Å². The number of hydrogen-bond donors (Lipinski definition) is 0. The molecule has 0 atom stereocenters. The predicted molar refractivity (Wildman–Crippen MR) is 89.8 cm³/mol. The van der Waals surface area contributed by atoms with Crippen molar-refractivity contribution in [3.05, 3.63) is 47.9 Å². The number of aldehydes is 1. The molecule has 0 aromatic heterocycles. The number of likely N-dealkylation sites (tertiary alicyclic amines) is 1. The summed E-state index contributed by atoms with van der Waals surface area (Å²) in [6.07, 6.45) is 11.3. The molecule has 1 saturated heterocycles. The number of aliphatic imine (C=N–C) groups is 1. The Hall–Kier alpha value is -1.94. The molecule has 0 amide bonds. The zero-order valence-corrected chi connectivity index (χ0v) is 13.4. The molecule has 1 fully saturated rings. The monoisotopic (exact) mass is 300 g/mol. The van der Waals surface area contributed by atoms with Crippen molar-refractivity contribution in [2.75, 3.05) is 26.7 Å². The van der Waals surface area contributed by atoms with Gasteiger partial charge < -0.3 is 9.53 Å². The van der Waals surface area contributed by atoms with Crippen LogP contribution in [0.25, 0.3) is 0 Å². The first-order valence-corrected chi connectivity index (χ1v) is 7.70. The molecule has 22 heavy (non-hydrogen) atoms. The van der Waals surface area contributed by atoms with E-state index in [1.165, 1.54) is 5.57 Å². The van der Waals surface area contributed by atoms with E-state index >= 15 is 0 Å². The fourth-order valence-corrected chi connectivity index (χ4v) is 2.72. The lowest BCUT2D eigenvalue weighted by atomic mass is 9.96. The topological polar surface area (TPSA) is 41.9 Å². The quantitative estimate of drug-likeness (QED) is 0.579. The maximum Gasteiger partial charge on any atom is 0.206 e. The van der Waals surface area contributed by atoms with Gasteiger partial charge in [-0.2, -0.15) is 0 Å². The Balaban J connectivity index is 2.00. The molecule has 0 N–H and O–H groups in total. The van der Waals surface area contributed by atoms with Crippen LogP contribution in [0.1, 0.15) is 19.8 Å². The van der Waals surface area contributed by atoms with E-state index in [9.17, 15) is 4.79 Å². The van der Waals surface area contributed by atoms with Crippen LogP contribution in [0, 0.1) is 5.92 Å². The van der Waals surface area contributed by atoms with Crippen molar-refractivity contribution < 1.29 is 9.53 Å². The van der Waals surface area contributed by atoms with E-state index in [4.69, 9.17) is 4.74 Å². The predicted octanol–water partition coefficient (Wildman–Crippen LogP) is 2.90. The zero-order chi connectivity index (χ0) is 15.9. The van der Waals surface area contributed by atoms with Gasteiger partial charge in [-0.05, 0) is 62.7 Å². The van der Waals surface area contributed by atoms with Crippen molar-refractivity contribution >= 4 is 12.0 Å². The third-order valence-electron chi connectivity index (χ3n) is 4.11. The molecule has 118 valence electrons. The molecular formula is C18H24N2O2. The first-order valence-electron chi connectivity index (χ1n) is 7.70. The van der Waals surface area contributed by atoms with Gasteiger partial charge in [-0.3, -0.25) is 4.90 Å². The highest BCUT2D eigenvalue weighted by atomic mass is 16.5. The number of piperidine rings is 1. The summed E-state index contributed by atoms with van der Waals surface area (Å²) in [6, 6.07) is 0. The summed E-state index contributed by atoms with van der Waals surface area (Å²) in [5, 5.41) is 0.